The van der Waals surface area contributed by atoms with Crippen molar-refractivity contribution in [1.29, 1.82) is 0 Å². The van der Waals surface area contributed by atoms with Crippen molar-refractivity contribution in [2.45, 2.75) is 124 Å². The van der Waals surface area contributed by atoms with Gasteiger partial charge in [-0.05, 0) is 79.4 Å². The predicted octanol–water partition coefficient (Wildman–Crippen LogP) is 6.32. The van der Waals surface area contributed by atoms with Gasteiger partial charge in [0.2, 0.25) is 0 Å². The Morgan fingerprint density at radius 2 is 1.52 bits per heavy atom. The summed E-state index contributed by atoms with van der Waals surface area (Å²) in [5.41, 5.74) is -0.416. The van der Waals surface area contributed by atoms with E-state index in [1.165, 1.54) is 0 Å². The van der Waals surface area contributed by atoms with Crippen molar-refractivity contribution in [3.63, 3.8) is 0 Å². The monoisotopic (exact) mass is 454 g/mol. The quantitative estimate of drug-likeness (QED) is 0.317. The molecule has 0 aromatic heterocycles. The lowest BCUT2D eigenvalue weighted by atomic mass is 9.81. The third-order valence-electron chi connectivity index (χ3n) is 6.83. The van der Waals surface area contributed by atoms with Crippen LogP contribution in [0.1, 0.15) is 89.0 Å². The largest absolute Gasteiger partial charge is 0.487 e. The zero-order valence-corrected chi connectivity index (χ0v) is 23.4. The number of carbonyl (C=O) groups excluding carboxylic acids is 1. The van der Waals surface area contributed by atoms with Crippen LogP contribution < -0.4 is 0 Å². The highest BCUT2D eigenvalue weighted by Gasteiger charge is 2.50. The van der Waals surface area contributed by atoms with Gasteiger partial charge in [-0.3, -0.25) is 4.79 Å². The van der Waals surface area contributed by atoms with E-state index in [9.17, 15) is 4.79 Å². The average Bonchev–Trinajstić information content (AvgIpc) is 2.71. The fourth-order valence-corrected chi connectivity index (χ4v) is 4.14. The lowest BCUT2D eigenvalue weighted by Gasteiger charge is -2.36. The molecule has 0 spiro atoms. The SMILES string of the molecule is CC[C@H](C(=O)OC(C)(C)C)/C(=C/B1OC(C)(C)C(C)(C)O1)CCO[Si](C)(C)C(C)(C)C. The Morgan fingerprint density at radius 1 is 1.03 bits per heavy atom. The van der Waals surface area contributed by atoms with Gasteiger partial charge in [-0.2, -0.15) is 0 Å². The minimum Gasteiger partial charge on any atom is -0.460 e. The number of hydrogen-bond donors (Lipinski definition) is 0. The van der Waals surface area contributed by atoms with Crippen LogP contribution in [0.2, 0.25) is 18.1 Å². The molecule has 1 heterocycles. The van der Waals surface area contributed by atoms with Gasteiger partial charge in [-0.15, -0.1) is 0 Å². The van der Waals surface area contributed by atoms with Crippen LogP contribution in [0.15, 0.2) is 11.5 Å². The minimum atomic E-state index is -1.88. The molecule has 0 amide bonds. The molecule has 0 N–H and O–H groups in total. The van der Waals surface area contributed by atoms with Gasteiger partial charge in [-0.25, -0.2) is 0 Å². The fourth-order valence-electron chi connectivity index (χ4n) is 3.10. The maximum atomic E-state index is 13.0. The van der Waals surface area contributed by atoms with Crippen molar-refractivity contribution in [1.82, 2.24) is 0 Å². The third-order valence-corrected chi connectivity index (χ3v) is 11.4. The standard InChI is InChI=1S/C24H47BO5Si/c1-14-19(20(26)28-21(2,3)4)18(15-16-27-31(12,13)22(5,6)7)17-25-29-23(8,9)24(10,11)30-25/h17,19H,14-16H2,1-13H3/b18-17+/t19-/m0/s1. The molecule has 0 aromatic carbocycles. The zero-order chi connectivity index (χ0) is 24.5. The molecular formula is C24H47BO5Si. The molecule has 0 saturated carbocycles. The van der Waals surface area contributed by atoms with Crippen molar-refractivity contribution in [3.05, 3.63) is 11.5 Å². The fraction of sp³-hybridized carbons (Fsp3) is 0.875. The van der Waals surface area contributed by atoms with Gasteiger partial charge >= 0.3 is 13.1 Å². The summed E-state index contributed by atoms with van der Waals surface area (Å²) in [6, 6.07) is 0. The highest BCUT2D eigenvalue weighted by molar-refractivity contribution is 6.74. The smallest absolute Gasteiger partial charge is 0.460 e. The van der Waals surface area contributed by atoms with Gasteiger partial charge in [0, 0.05) is 6.61 Å². The molecule has 1 aliphatic heterocycles. The molecule has 1 rings (SSSR count). The van der Waals surface area contributed by atoms with E-state index in [0.717, 1.165) is 5.57 Å². The van der Waals surface area contributed by atoms with E-state index >= 15 is 0 Å². The van der Waals surface area contributed by atoms with Crippen LogP contribution in [0.4, 0.5) is 0 Å². The first-order valence-electron chi connectivity index (χ1n) is 11.7. The normalized spacial score (nSPS) is 20.7. The van der Waals surface area contributed by atoms with Gasteiger partial charge in [0.05, 0.1) is 17.1 Å². The van der Waals surface area contributed by atoms with Crippen LogP contribution in [0.25, 0.3) is 0 Å². The molecular weight excluding hydrogens is 407 g/mol. The van der Waals surface area contributed by atoms with Crippen molar-refractivity contribution < 1.29 is 23.3 Å². The van der Waals surface area contributed by atoms with Gasteiger partial charge in [0.25, 0.3) is 0 Å². The molecule has 31 heavy (non-hydrogen) atoms. The average molecular weight is 455 g/mol. The topological polar surface area (TPSA) is 54.0 Å². The number of hydrogen-bond acceptors (Lipinski definition) is 5. The van der Waals surface area contributed by atoms with Crippen molar-refractivity contribution in [2.24, 2.45) is 5.92 Å². The van der Waals surface area contributed by atoms with E-state index in [1.807, 2.05) is 61.4 Å². The molecule has 0 radical (unpaired) electrons. The molecule has 1 fully saturated rings. The lowest BCUT2D eigenvalue weighted by molar-refractivity contribution is -0.158. The van der Waals surface area contributed by atoms with Gasteiger partial charge < -0.3 is 18.5 Å². The van der Waals surface area contributed by atoms with Gasteiger partial charge in [0.15, 0.2) is 8.32 Å². The Morgan fingerprint density at radius 3 is 1.90 bits per heavy atom. The Balaban J connectivity index is 3.13. The predicted molar refractivity (Wildman–Crippen MR) is 132 cm³/mol. The van der Waals surface area contributed by atoms with Crippen LogP contribution in [-0.2, 0) is 23.3 Å². The summed E-state index contributed by atoms with van der Waals surface area (Å²) in [6.45, 7) is 27.6. The van der Waals surface area contributed by atoms with Crippen molar-refractivity contribution >= 4 is 21.4 Å². The first kappa shape index (κ1) is 28.4. The maximum Gasteiger partial charge on any atom is 0.487 e. The van der Waals surface area contributed by atoms with E-state index in [4.69, 9.17) is 18.5 Å². The zero-order valence-electron chi connectivity index (χ0n) is 22.4. The molecule has 0 aromatic rings. The van der Waals surface area contributed by atoms with E-state index in [-0.39, 0.29) is 16.9 Å². The molecule has 0 aliphatic carbocycles. The Labute approximate surface area is 192 Å². The Kier molecular flexibility index (Phi) is 8.89. The summed E-state index contributed by atoms with van der Waals surface area (Å²) in [5, 5.41) is 0.137. The number of carbonyl (C=O) groups is 1. The number of ether oxygens (including phenoxy) is 1. The van der Waals surface area contributed by atoms with Crippen LogP contribution in [-0.4, -0.2) is 44.8 Å². The second kappa shape index (κ2) is 9.70. The van der Waals surface area contributed by atoms with Crippen molar-refractivity contribution in [2.75, 3.05) is 6.61 Å². The van der Waals surface area contributed by atoms with Crippen LogP contribution in [0.3, 0.4) is 0 Å². The van der Waals surface area contributed by atoms with Crippen LogP contribution in [0, 0.1) is 5.92 Å². The molecule has 1 aliphatic rings. The molecule has 5 nitrogen and oxygen atoms in total. The van der Waals surface area contributed by atoms with E-state index in [2.05, 4.69) is 33.9 Å². The number of esters is 1. The van der Waals surface area contributed by atoms with Crippen LogP contribution in [0.5, 0.6) is 0 Å². The van der Waals surface area contributed by atoms with E-state index in [0.29, 0.717) is 19.4 Å². The lowest BCUT2D eigenvalue weighted by Crippen LogP contribution is -2.41. The number of rotatable bonds is 8. The Bertz CT molecular complexity index is 640. The van der Waals surface area contributed by atoms with Crippen molar-refractivity contribution in [3.8, 4) is 0 Å². The van der Waals surface area contributed by atoms with Gasteiger partial charge in [0.1, 0.15) is 5.60 Å². The summed E-state index contributed by atoms with van der Waals surface area (Å²) >= 11 is 0. The third kappa shape index (κ3) is 7.73. The second-order valence-corrected chi connectivity index (χ2v) is 17.0. The molecule has 0 unspecified atom stereocenters. The minimum absolute atomic E-state index is 0.137. The highest BCUT2D eigenvalue weighted by Crippen LogP contribution is 2.39. The first-order chi connectivity index (χ1) is 13.7. The van der Waals surface area contributed by atoms with Crippen LogP contribution >= 0.6 is 0 Å². The summed E-state index contributed by atoms with van der Waals surface area (Å²) in [7, 11) is -2.37. The molecule has 7 heteroatoms. The highest BCUT2D eigenvalue weighted by atomic mass is 28.4. The van der Waals surface area contributed by atoms with Gasteiger partial charge in [-0.1, -0.05) is 39.2 Å². The first-order valence-corrected chi connectivity index (χ1v) is 14.6. The Hall–Kier alpha value is -0.628. The second-order valence-electron chi connectivity index (χ2n) is 12.2. The summed E-state index contributed by atoms with van der Waals surface area (Å²) in [4.78, 5) is 13.0. The molecule has 1 atom stereocenters. The molecule has 0 bridgehead atoms. The van der Waals surface area contributed by atoms with E-state index in [1.54, 1.807) is 0 Å². The molecule has 1 saturated heterocycles. The molecule has 180 valence electrons. The summed E-state index contributed by atoms with van der Waals surface area (Å²) in [6.07, 6.45) is 1.30. The summed E-state index contributed by atoms with van der Waals surface area (Å²) in [5.74, 6) is 1.43. The maximum absolute atomic E-state index is 13.0. The van der Waals surface area contributed by atoms with E-state index < -0.39 is 32.2 Å². The summed E-state index contributed by atoms with van der Waals surface area (Å²) < 4.78 is 24.5.